The molecule has 2 aromatic carbocycles. The minimum absolute atomic E-state index is 0.0695. The molecule has 0 saturated heterocycles. The van der Waals surface area contributed by atoms with Gasteiger partial charge in [0.1, 0.15) is 5.49 Å². The molecule has 12 heteroatoms. The van der Waals surface area contributed by atoms with Crippen molar-refractivity contribution in [1.29, 1.82) is 0 Å². The van der Waals surface area contributed by atoms with Crippen molar-refractivity contribution >= 4 is 17.7 Å². The van der Waals surface area contributed by atoms with Crippen LogP contribution in [-0.4, -0.2) is 55.4 Å². The van der Waals surface area contributed by atoms with Gasteiger partial charge in [-0.15, -0.1) is 0 Å². The summed E-state index contributed by atoms with van der Waals surface area (Å²) in [4.78, 5) is 31.8. The first kappa shape index (κ1) is 29.4. The van der Waals surface area contributed by atoms with E-state index in [1.165, 1.54) is 11.7 Å². The quantitative estimate of drug-likeness (QED) is 0.308. The standard InChI is InChI=1S/C31H35N7O5/c1-7-20-14-18(3)13-19(4)27(20)33-26-17-23-22-16-24(42-6)25(43-8-2)15-21(22)9-11-37(23)31(41)38(26)12-10-32-29(39)28-30(40)34-35-36(28)5/h7,13-17,40H,1,8-12H2,2-6H3,(H,32,39). The number of methoxy groups -OCH3 is 1. The van der Waals surface area contributed by atoms with Crippen LogP contribution in [0.15, 0.2) is 46.7 Å². The number of nitrogens with one attached hydrogen (secondary N) is 1. The van der Waals surface area contributed by atoms with Gasteiger partial charge in [-0.25, -0.2) is 14.5 Å². The molecule has 1 amide bonds. The Balaban J connectivity index is 1.65. The second kappa shape index (κ2) is 12.0. The minimum atomic E-state index is -0.559. The lowest BCUT2D eigenvalue weighted by Crippen LogP contribution is -2.44. The van der Waals surface area contributed by atoms with Crippen molar-refractivity contribution < 1.29 is 19.4 Å². The van der Waals surface area contributed by atoms with Crippen molar-refractivity contribution in [2.24, 2.45) is 12.0 Å². The van der Waals surface area contributed by atoms with Crippen molar-refractivity contribution in [2.45, 2.75) is 40.3 Å². The SMILES string of the molecule is C=Cc1cc(C)cc(C)c1N=c1cc2n(c(=O)n1CCNC(=O)c1c(O)nnn1C)CCc1cc(OCC)c(OC)cc1-2. The van der Waals surface area contributed by atoms with Gasteiger partial charge in [0.2, 0.25) is 0 Å². The van der Waals surface area contributed by atoms with Gasteiger partial charge >= 0.3 is 5.69 Å². The van der Waals surface area contributed by atoms with Crippen LogP contribution in [0.1, 0.15) is 39.7 Å². The molecule has 0 atom stereocenters. The summed E-state index contributed by atoms with van der Waals surface area (Å²) in [6.45, 7) is 11.0. The van der Waals surface area contributed by atoms with Crippen molar-refractivity contribution in [3.63, 3.8) is 0 Å². The first-order chi connectivity index (χ1) is 20.7. The number of amides is 1. The Labute approximate surface area is 248 Å². The van der Waals surface area contributed by atoms with Gasteiger partial charge in [-0.2, -0.15) is 0 Å². The summed E-state index contributed by atoms with van der Waals surface area (Å²) < 4.78 is 15.9. The topological polar surface area (TPSA) is 138 Å². The van der Waals surface area contributed by atoms with Crippen molar-refractivity contribution in [3.05, 3.63) is 80.8 Å². The van der Waals surface area contributed by atoms with E-state index in [1.54, 1.807) is 22.3 Å². The van der Waals surface area contributed by atoms with E-state index >= 15 is 0 Å². The van der Waals surface area contributed by atoms with E-state index in [1.807, 2.05) is 51.1 Å². The van der Waals surface area contributed by atoms with Gasteiger partial charge in [0.25, 0.3) is 11.8 Å². The number of ether oxygens (including phenoxy) is 2. The largest absolute Gasteiger partial charge is 0.493 e. The predicted octanol–water partition coefficient (Wildman–Crippen LogP) is 3.04. The monoisotopic (exact) mass is 585 g/mol. The molecule has 2 N–H and O–H groups in total. The molecule has 0 fully saturated rings. The van der Waals surface area contributed by atoms with E-state index in [0.29, 0.717) is 47.9 Å². The third-order valence-corrected chi connectivity index (χ3v) is 7.43. The van der Waals surface area contributed by atoms with Crippen molar-refractivity contribution in [1.82, 2.24) is 29.4 Å². The fourth-order valence-corrected chi connectivity index (χ4v) is 5.45. The lowest BCUT2D eigenvalue weighted by Gasteiger charge is -2.25. The van der Waals surface area contributed by atoms with Crippen LogP contribution in [0.5, 0.6) is 17.4 Å². The number of aromatic nitrogens is 5. The molecule has 2 aromatic heterocycles. The first-order valence-corrected chi connectivity index (χ1v) is 14.0. The van der Waals surface area contributed by atoms with Crippen LogP contribution in [0.2, 0.25) is 0 Å². The summed E-state index contributed by atoms with van der Waals surface area (Å²) in [5.74, 6) is 0.213. The van der Waals surface area contributed by atoms with Gasteiger partial charge in [-0.1, -0.05) is 34.6 Å². The Morgan fingerprint density at radius 1 is 1.21 bits per heavy atom. The highest BCUT2D eigenvalue weighted by molar-refractivity contribution is 5.94. The molecule has 0 unspecified atom stereocenters. The maximum Gasteiger partial charge on any atom is 0.330 e. The zero-order valence-electron chi connectivity index (χ0n) is 25.0. The van der Waals surface area contributed by atoms with Crippen molar-refractivity contribution in [2.75, 3.05) is 20.3 Å². The summed E-state index contributed by atoms with van der Waals surface area (Å²) >= 11 is 0. The average Bonchev–Trinajstić information content (AvgIpc) is 3.32. The molecule has 0 saturated carbocycles. The molecule has 224 valence electrons. The van der Waals surface area contributed by atoms with Gasteiger partial charge in [-0.05, 0) is 56.5 Å². The molecule has 0 spiro atoms. The van der Waals surface area contributed by atoms with Crippen LogP contribution in [-0.2, 0) is 26.6 Å². The van der Waals surface area contributed by atoms with Gasteiger partial charge in [0.15, 0.2) is 17.2 Å². The normalized spacial score (nSPS) is 12.4. The molecule has 5 rings (SSSR count). The molecule has 1 aliphatic rings. The van der Waals surface area contributed by atoms with Gasteiger partial charge in [0.05, 0.1) is 25.1 Å². The predicted molar refractivity (Wildman–Crippen MR) is 162 cm³/mol. The highest BCUT2D eigenvalue weighted by Gasteiger charge is 2.23. The minimum Gasteiger partial charge on any atom is -0.493 e. The number of aryl methyl sites for hydroxylation is 4. The zero-order valence-corrected chi connectivity index (χ0v) is 25.0. The summed E-state index contributed by atoms with van der Waals surface area (Å²) in [7, 11) is 3.10. The van der Waals surface area contributed by atoms with E-state index in [-0.39, 0.29) is 24.5 Å². The van der Waals surface area contributed by atoms with Crippen LogP contribution < -0.4 is 26.0 Å². The van der Waals surface area contributed by atoms with Crippen LogP contribution in [0, 0.1) is 13.8 Å². The molecule has 0 radical (unpaired) electrons. The van der Waals surface area contributed by atoms with E-state index in [2.05, 4.69) is 22.2 Å². The van der Waals surface area contributed by atoms with Crippen LogP contribution in [0.4, 0.5) is 5.69 Å². The molecule has 4 aromatic rings. The zero-order chi connectivity index (χ0) is 30.8. The summed E-state index contributed by atoms with van der Waals surface area (Å²) in [6.07, 6.45) is 2.38. The summed E-state index contributed by atoms with van der Waals surface area (Å²) in [5.41, 5.74) is 6.27. The third kappa shape index (κ3) is 5.55. The maximum absolute atomic E-state index is 14.1. The smallest absolute Gasteiger partial charge is 0.330 e. The number of benzene rings is 2. The number of hydrogen-bond acceptors (Lipinski definition) is 8. The molecule has 12 nitrogen and oxygen atoms in total. The number of carbonyl (C=O) groups is 1. The molecule has 0 aliphatic carbocycles. The second-order valence-corrected chi connectivity index (χ2v) is 10.3. The molecular formula is C31H35N7O5. The Kier molecular flexibility index (Phi) is 8.20. The van der Waals surface area contributed by atoms with Gasteiger partial charge < -0.3 is 19.9 Å². The molecule has 1 aliphatic heterocycles. The molecular weight excluding hydrogens is 550 g/mol. The first-order valence-electron chi connectivity index (χ1n) is 14.0. The van der Waals surface area contributed by atoms with E-state index in [9.17, 15) is 14.7 Å². The lowest BCUT2D eigenvalue weighted by molar-refractivity contribution is 0.0939. The number of aromatic hydroxyl groups is 1. The van der Waals surface area contributed by atoms with Crippen molar-refractivity contribution in [3.8, 4) is 28.6 Å². The number of hydrogen-bond donors (Lipinski definition) is 2. The average molecular weight is 586 g/mol. The Bertz CT molecular complexity index is 1850. The highest BCUT2D eigenvalue weighted by Crippen LogP contribution is 2.38. The Hall–Kier alpha value is -5.13. The number of carbonyl (C=O) groups excluding carboxylic acids is 1. The number of rotatable bonds is 9. The summed E-state index contributed by atoms with van der Waals surface area (Å²) in [5, 5.41) is 19.8. The van der Waals surface area contributed by atoms with E-state index in [0.717, 1.165) is 27.8 Å². The molecule has 3 heterocycles. The Morgan fingerprint density at radius 3 is 2.67 bits per heavy atom. The summed E-state index contributed by atoms with van der Waals surface area (Å²) in [6, 6.07) is 9.80. The molecule has 0 bridgehead atoms. The fraction of sp³-hybridized carbons (Fsp3) is 0.323. The lowest BCUT2D eigenvalue weighted by atomic mass is 9.97. The fourth-order valence-electron chi connectivity index (χ4n) is 5.45. The van der Waals surface area contributed by atoms with Crippen LogP contribution in [0.25, 0.3) is 17.3 Å². The van der Waals surface area contributed by atoms with Crippen LogP contribution in [0.3, 0.4) is 0 Å². The van der Waals surface area contributed by atoms with E-state index < -0.39 is 11.8 Å². The number of nitrogens with zero attached hydrogens (tertiary/aromatic N) is 6. The maximum atomic E-state index is 14.1. The number of fused-ring (bicyclic) bond motifs is 3. The highest BCUT2D eigenvalue weighted by atomic mass is 16.5. The molecule has 43 heavy (non-hydrogen) atoms. The van der Waals surface area contributed by atoms with E-state index in [4.69, 9.17) is 14.5 Å². The van der Waals surface area contributed by atoms with Gasteiger partial charge in [0, 0.05) is 43.9 Å². The Morgan fingerprint density at radius 2 is 2.00 bits per heavy atom. The van der Waals surface area contributed by atoms with Crippen LogP contribution >= 0.6 is 0 Å². The third-order valence-electron chi connectivity index (χ3n) is 7.43. The second-order valence-electron chi connectivity index (χ2n) is 10.3. The van der Waals surface area contributed by atoms with Gasteiger partial charge in [-0.3, -0.25) is 13.9 Å².